The van der Waals surface area contributed by atoms with E-state index in [4.69, 9.17) is 4.74 Å². The summed E-state index contributed by atoms with van der Waals surface area (Å²) in [6.07, 6.45) is 5.34. The highest BCUT2D eigenvalue weighted by Gasteiger charge is 2.17. The maximum atomic E-state index is 12.0. The Morgan fingerprint density at radius 1 is 1.36 bits per heavy atom. The van der Waals surface area contributed by atoms with Gasteiger partial charge in [-0.3, -0.25) is 0 Å². The van der Waals surface area contributed by atoms with Gasteiger partial charge in [-0.15, -0.1) is 0 Å². The summed E-state index contributed by atoms with van der Waals surface area (Å²) in [4.78, 5) is 13.9. The van der Waals surface area contributed by atoms with Crippen LogP contribution in [0.3, 0.4) is 0 Å². The zero-order valence-corrected chi connectivity index (χ0v) is 13.8. The Hall–Kier alpha value is -2.29. The number of nitrogens with zero attached hydrogens (tertiary/aromatic N) is 1. The molecule has 0 saturated heterocycles. The van der Waals surface area contributed by atoms with Gasteiger partial charge in [0.05, 0.1) is 7.11 Å². The molecule has 1 aromatic rings. The lowest BCUT2D eigenvalue weighted by molar-refractivity contribution is -0.137. The Balaban J connectivity index is 3.12. The number of hydrogen-bond donors (Lipinski definition) is 0. The van der Waals surface area contributed by atoms with Gasteiger partial charge >= 0.3 is 5.97 Å². The van der Waals surface area contributed by atoms with Crippen LogP contribution in [0.4, 0.5) is 0 Å². The van der Waals surface area contributed by atoms with Crippen LogP contribution >= 0.6 is 0 Å². The standard InChI is InChI=1S/C19H25NO2/c1-6-8-13-18(19(21)22-5)20(7-2)14-16-11-9-10-12-17(16)15(3)4/h7,9-13H,2-3,6,8,14H2,1,4-5H3/b18-13-. The van der Waals surface area contributed by atoms with Gasteiger partial charge in [-0.25, -0.2) is 4.79 Å². The van der Waals surface area contributed by atoms with Crippen LogP contribution < -0.4 is 0 Å². The molecule has 0 fully saturated rings. The molecule has 1 aromatic carbocycles. The average Bonchev–Trinajstić information content (AvgIpc) is 2.53. The number of benzene rings is 1. The molecular formula is C19H25NO2. The third kappa shape index (κ3) is 4.62. The van der Waals surface area contributed by atoms with Crippen LogP contribution in [0.1, 0.15) is 37.8 Å². The van der Waals surface area contributed by atoms with E-state index in [0.29, 0.717) is 12.2 Å². The molecule has 0 heterocycles. The fourth-order valence-electron chi connectivity index (χ4n) is 2.21. The summed E-state index contributed by atoms with van der Waals surface area (Å²) in [6, 6.07) is 8.04. The summed E-state index contributed by atoms with van der Waals surface area (Å²) in [7, 11) is 1.39. The van der Waals surface area contributed by atoms with E-state index in [2.05, 4.69) is 20.1 Å². The van der Waals surface area contributed by atoms with Gasteiger partial charge in [0, 0.05) is 6.54 Å². The number of allylic oxidation sites excluding steroid dienone is 2. The average molecular weight is 299 g/mol. The predicted molar refractivity (Wildman–Crippen MR) is 91.9 cm³/mol. The Kier molecular flexibility index (Phi) is 7.17. The number of methoxy groups -OCH3 is 1. The van der Waals surface area contributed by atoms with Gasteiger partial charge in [0.25, 0.3) is 0 Å². The molecule has 1 rings (SSSR count). The van der Waals surface area contributed by atoms with E-state index in [1.807, 2.05) is 42.2 Å². The van der Waals surface area contributed by atoms with Crippen molar-refractivity contribution in [3.63, 3.8) is 0 Å². The second-order valence-electron chi connectivity index (χ2n) is 5.12. The van der Waals surface area contributed by atoms with Crippen LogP contribution in [0.25, 0.3) is 5.57 Å². The second kappa shape index (κ2) is 8.88. The Labute approximate surface area is 133 Å². The van der Waals surface area contributed by atoms with Gasteiger partial charge in [-0.05, 0) is 30.7 Å². The van der Waals surface area contributed by atoms with E-state index in [-0.39, 0.29) is 5.97 Å². The lowest BCUT2D eigenvalue weighted by atomic mass is 10.0. The summed E-state index contributed by atoms with van der Waals surface area (Å²) in [5, 5.41) is 0. The molecule has 0 saturated carbocycles. The third-order valence-corrected chi connectivity index (χ3v) is 3.37. The molecule has 0 unspecified atom stereocenters. The SMILES string of the molecule is C=CN(Cc1ccccc1C(=C)C)/C(=C\CCC)C(=O)OC. The molecule has 0 aromatic heterocycles. The van der Waals surface area contributed by atoms with Crippen molar-refractivity contribution in [3.8, 4) is 0 Å². The van der Waals surface area contributed by atoms with E-state index in [0.717, 1.165) is 29.5 Å². The van der Waals surface area contributed by atoms with E-state index in [1.54, 1.807) is 6.20 Å². The van der Waals surface area contributed by atoms with Crippen LogP contribution in [0.2, 0.25) is 0 Å². The normalized spacial score (nSPS) is 11.0. The smallest absolute Gasteiger partial charge is 0.354 e. The molecule has 3 heteroatoms. The summed E-state index contributed by atoms with van der Waals surface area (Å²) < 4.78 is 4.89. The van der Waals surface area contributed by atoms with Crippen LogP contribution in [0.5, 0.6) is 0 Å². The number of esters is 1. The first-order chi connectivity index (χ1) is 10.5. The van der Waals surface area contributed by atoms with E-state index < -0.39 is 0 Å². The second-order valence-corrected chi connectivity index (χ2v) is 5.12. The van der Waals surface area contributed by atoms with Crippen molar-refractivity contribution in [1.29, 1.82) is 0 Å². The van der Waals surface area contributed by atoms with Gasteiger partial charge in [0.1, 0.15) is 5.70 Å². The van der Waals surface area contributed by atoms with Crippen molar-refractivity contribution < 1.29 is 9.53 Å². The fraction of sp³-hybridized carbons (Fsp3) is 0.316. The predicted octanol–water partition coefficient (Wildman–Crippen LogP) is 4.52. The highest BCUT2D eigenvalue weighted by atomic mass is 16.5. The fourth-order valence-corrected chi connectivity index (χ4v) is 2.21. The van der Waals surface area contributed by atoms with Gasteiger partial charge in [0.2, 0.25) is 0 Å². The molecule has 0 aliphatic heterocycles. The van der Waals surface area contributed by atoms with E-state index in [1.165, 1.54) is 7.11 Å². The minimum atomic E-state index is -0.346. The Morgan fingerprint density at radius 3 is 2.59 bits per heavy atom. The van der Waals surface area contributed by atoms with Gasteiger partial charge in [-0.2, -0.15) is 0 Å². The largest absolute Gasteiger partial charge is 0.464 e. The molecule has 0 aliphatic rings. The molecule has 0 atom stereocenters. The third-order valence-electron chi connectivity index (χ3n) is 3.37. The van der Waals surface area contributed by atoms with Crippen LogP contribution in [0, 0.1) is 0 Å². The number of ether oxygens (including phenoxy) is 1. The number of hydrogen-bond acceptors (Lipinski definition) is 3. The summed E-state index contributed by atoms with van der Waals surface area (Å²) in [5.41, 5.74) is 3.71. The summed E-state index contributed by atoms with van der Waals surface area (Å²) >= 11 is 0. The number of unbranched alkanes of at least 4 members (excludes halogenated alkanes) is 1. The topological polar surface area (TPSA) is 29.5 Å². The highest BCUT2D eigenvalue weighted by Crippen LogP contribution is 2.21. The van der Waals surface area contributed by atoms with Crippen LogP contribution in [-0.4, -0.2) is 18.0 Å². The molecule has 0 aliphatic carbocycles. The molecular weight excluding hydrogens is 274 g/mol. The molecule has 0 radical (unpaired) electrons. The zero-order valence-electron chi connectivity index (χ0n) is 13.8. The summed E-state index contributed by atoms with van der Waals surface area (Å²) in [5.74, 6) is -0.346. The maximum absolute atomic E-state index is 12.0. The number of carbonyl (C=O) groups excluding carboxylic acids is 1. The molecule has 0 spiro atoms. The van der Waals surface area contributed by atoms with Crippen molar-refractivity contribution in [1.82, 2.24) is 4.90 Å². The lowest BCUT2D eigenvalue weighted by Gasteiger charge is -2.23. The van der Waals surface area contributed by atoms with Crippen molar-refractivity contribution in [2.75, 3.05) is 7.11 Å². The van der Waals surface area contributed by atoms with Crippen molar-refractivity contribution >= 4 is 11.5 Å². The van der Waals surface area contributed by atoms with Crippen molar-refractivity contribution in [3.05, 3.63) is 66.5 Å². The highest BCUT2D eigenvalue weighted by molar-refractivity contribution is 5.87. The maximum Gasteiger partial charge on any atom is 0.354 e. The van der Waals surface area contributed by atoms with Crippen LogP contribution in [-0.2, 0) is 16.1 Å². The van der Waals surface area contributed by atoms with Gasteiger partial charge in [0.15, 0.2) is 0 Å². The molecule has 3 nitrogen and oxygen atoms in total. The van der Waals surface area contributed by atoms with Crippen molar-refractivity contribution in [2.45, 2.75) is 33.2 Å². The number of rotatable bonds is 8. The van der Waals surface area contributed by atoms with E-state index >= 15 is 0 Å². The Bertz CT molecular complexity index is 573. The first-order valence-corrected chi connectivity index (χ1v) is 7.46. The quantitative estimate of drug-likeness (QED) is 0.522. The van der Waals surface area contributed by atoms with E-state index in [9.17, 15) is 4.79 Å². The lowest BCUT2D eigenvalue weighted by Crippen LogP contribution is -2.23. The van der Waals surface area contributed by atoms with Gasteiger partial charge < -0.3 is 9.64 Å². The number of carbonyl (C=O) groups is 1. The molecule has 22 heavy (non-hydrogen) atoms. The zero-order chi connectivity index (χ0) is 16.5. The first-order valence-electron chi connectivity index (χ1n) is 7.46. The minimum Gasteiger partial charge on any atom is -0.464 e. The minimum absolute atomic E-state index is 0.346. The molecule has 0 bridgehead atoms. The molecule has 0 amide bonds. The van der Waals surface area contributed by atoms with Crippen LogP contribution in [0.15, 0.2) is 55.4 Å². The summed E-state index contributed by atoms with van der Waals surface area (Å²) in [6.45, 7) is 12.4. The first kappa shape index (κ1) is 17.8. The molecule has 0 N–H and O–H groups in total. The molecule has 118 valence electrons. The Morgan fingerprint density at radius 2 is 2.05 bits per heavy atom. The van der Waals surface area contributed by atoms with Crippen molar-refractivity contribution in [2.24, 2.45) is 0 Å². The monoisotopic (exact) mass is 299 g/mol. The van der Waals surface area contributed by atoms with Gasteiger partial charge in [-0.1, -0.05) is 62.4 Å².